The van der Waals surface area contributed by atoms with Crippen molar-refractivity contribution in [2.75, 3.05) is 18.0 Å². The number of hydrogen-bond donors (Lipinski definition) is 0. The lowest BCUT2D eigenvalue weighted by Crippen LogP contribution is -2.30. The third-order valence-electron chi connectivity index (χ3n) is 2.21. The van der Waals surface area contributed by atoms with Crippen molar-refractivity contribution < 1.29 is 0 Å². The van der Waals surface area contributed by atoms with Gasteiger partial charge in [0.1, 0.15) is 0 Å². The molecule has 0 N–H and O–H groups in total. The summed E-state index contributed by atoms with van der Waals surface area (Å²) in [5.41, 5.74) is 0.903. The van der Waals surface area contributed by atoms with Crippen molar-refractivity contribution in [3.63, 3.8) is 0 Å². The van der Waals surface area contributed by atoms with Gasteiger partial charge in [-0.1, -0.05) is 13.8 Å². The van der Waals surface area contributed by atoms with E-state index in [1.165, 1.54) is 0 Å². The van der Waals surface area contributed by atoms with Gasteiger partial charge >= 0.3 is 0 Å². The maximum Gasteiger partial charge on any atom is 0.225 e. The van der Waals surface area contributed by atoms with Gasteiger partial charge in [0.05, 0.1) is 18.4 Å². The van der Waals surface area contributed by atoms with E-state index in [4.69, 9.17) is 16.9 Å². The van der Waals surface area contributed by atoms with Crippen LogP contribution in [0, 0.1) is 17.2 Å². The van der Waals surface area contributed by atoms with Gasteiger partial charge in [-0.05, 0) is 5.92 Å². The molecule has 0 radical (unpaired) electrons. The van der Waals surface area contributed by atoms with E-state index >= 15 is 0 Å². The third-order valence-corrected chi connectivity index (χ3v) is 2.52. The first-order valence-electron chi connectivity index (χ1n) is 5.66. The molecule has 0 bridgehead atoms. The van der Waals surface area contributed by atoms with Crippen LogP contribution in [0.25, 0.3) is 0 Å². The first kappa shape index (κ1) is 13.7. The lowest BCUT2D eigenvalue weighted by Gasteiger charge is -2.23. The Balaban J connectivity index is 2.76. The zero-order chi connectivity index (χ0) is 12.7. The highest BCUT2D eigenvalue weighted by Crippen LogP contribution is 2.11. The fraction of sp³-hybridized carbons (Fsp3) is 0.583. The van der Waals surface area contributed by atoms with Gasteiger partial charge in [-0.15, -0.1) is 11.6 Å². The molecular formula is C12H17ClN4. The first-order valence-corrected chi connectivity index (χ1v) is 6.19. The van der Waals surface area contributed by atoms with Crippen molar-refractivity contribution in [2.45, 2.75) is 26.1 Å². The van der Waals surface area contributed by atoms with Crippen LogP contribution < -0.4 is 4.90 Å². The Kier molecular flexibility index (Phi) is 5.71. The van der Waals surface area contributed by atoms with Crippen LogP contribution in [0.3, 0.4) is 0 Å². The molecule has 0 aromatic carbocycles. The molecule has 1 rings (SSSR count). The van der Waals surface area contributed by atoms with Gasteiger partial charge < -0.3 is 4.90 Å². The summed E-state index contributed by atoms with van der Waals surface area (Å²) in [5, 5.41) is 8.64. The molecule has 17 heavy (non-hydrogen) atoms. The predicted molar refractivity (Wildman–Crippen MR) is 68.9 cm³/mol. The third kappa shape index (κ3) is 4.58. The molecule has 0 fully saturated rings. The van der Waals surface area contributed by atoms with E-state index in [9.17, 15) is 0 Å². The highest BCUT2D eigenvalue weighted by molar-refractivity contribution is 6.17. The summed E-state index contributed by atoms with van der Waals surface area (Å²) in [6, 6.07) is 2.15. The topological polar surface area (TPSA) is 52.8 Å². The molecule has 1 aromatic heterocycles. The fourth-order valence-electron chi connectivity index (χ4n) is 1.48. The Morgan fingerprint density at radius 1 is 1.41 bits per heavy atom. The summed E-state index contributed by atoms with van der Waals surface area (Å²) in [5.74, 6) is 1.59. The van der Waals surface area contributed by atoms with Gasteiger partial charge in [0.15, 0.2) is 0 Å². The summed E-state index contributed by atoms with van der Waals surface area (Å²) in [4.78, 5) is 10.6. The molecule has 0 amide bonds. The standard InChI is InChI=1S/C12H17ClN4/c1-10(2)9-17(5-3-4-14)12-15-7-11(6-13)8-16-12/h7-8,10H,3,5-6,9H2,1-2H3. The van der Waals surface area contributed by atoms with Gasteiger partial charge in [0.2, 0.25) is 5.95 Å². The second-order valence-corrected chi connectivity index (χ2v) is 4.54. The van der Waals surface area contributed by atoms with E-state index in [2.05, 4.69) is 29.9 Å². The Morgan fingerprint density at radius 2 is 2.06 bits per heavy atom. The largest absolute Gasteiger partial charge is 0.340 e. The van der Waals surface area contributed by atoms with Crippen LogP contribution in [0.15, 0.2) is 12.4 Å². The zero-order valence-corrected chi connectivity index (χ0v) is 11.0. The van der Waals surface area contributed by atoms with E-state index in [1.807, 2.05) is 4.90 Å². The number of halogens is 1. The molecule has 1 heterocycles. The lowest BCUT2D eigenvalue weighted by atomic mass is 10.2. The highest BCUT2D eigenvalue weighted by atomic mass is 35.5. The molecular weight excluding hydrogens is 236 g/mol. The second-order valence-electron chi connectivity index (χ2n) is 4.27. The molecule has 0 unspecified atom stereocenters. The molecule has 0 aliphatic carbocycles. The average molecular weight is 253 g/mol. The van der Waals surface area contributed by atoms with Crippen molar-refractivity contribution in [3.05, 3.63) is 18.0 Å². The number of nitrogens with zero attached hydrogens (tertiary/aromatic N) is 4. The minimum Gasteiger partial charge on any atom is -0.340 e. The molecule has 4 nitrogen and oxygen atoms in total. The molecule has 0 atom stereocenters. The number of hydrogen-bond acceptors (Lipinski definition) is 4. The van der Waals surface area contributed by atoms with Crippen LogP contribution in [0.5, 0.6) is 0 Å². The summed E-state index contributed by atoms with van der Waals surface area (Å²) >= 11 is 5.69. The van der Waals surface area contributed by atoms with Crippen molar-refractivity contribution in [1.82, 2.24) is 9.97 Å². The summed E-state index contributed by atoms with van der Waals surface area (Å²) in [6.45, 7) is 5.77. The van der Waals surface area contributed by atoms with Gasteiger partial charge in [-0.3, -0.25) is 0 Å². The normalized spacial score (nSPS) is 10.3. The SMILES string of the molecule is CC(C)CN(CCC#N)c1ncc(CCl)cn1. The maximum absolute atomic E-state index is 8.64. The zero-order valence-electron chi connectivity index (χ0n) is 10.2. The molecule has 5 heteroatoms. The number of alkyl halides is 1. The molecule has 0 aliphatic heterocycles. The molecule has 1 aromatic rings. The molecule has 0 saturated carbocycles. The number of anilines is 1. The quantitative estimate of drug-likeness (QED) is 0.731. The minimum absolute atomic E-state index is 0.419. The monoisotopic (exact) mass is 252 g/mol. The maximum atomic E-state index is 8.64. The Labute approximate surface area is 107 Å². The van der Waals surface area contributed by atoms with Gasteiger partial charge in [-0.2, -0.15) is 5.26 Å². The van der Waals surface area contributed by atoms with E-state index in [-0.39, 0.29) is 0 Å². The van der Waals surface area contributed by atoms with Crippen LogP contribution in [-0.2, 0) is 5.88 Å². The Hall–Kier alpha value is -1.34. The van der Waals surface area contributed by atoms with Crippen LogP contribution >= 0.6 is 11.6 Å². The van der Waals surface area contributed by atoms with Crippen LogP contribution in [0.4, 0.5) is 5.95 Å². The minimum atomic E-state index is 0.419. The van der Waals surface area contributed by atoms with Gasteiger partial charge in [-0.25, -0.2) is 9.97 Å². The van der Waals surface area contributed by atoms with Crippen molar-refractivity contribution in [2.24, 2.45) is 5.92 Å². The Bertz CT molecular complexity index is 369. The number of nitriles is 1. The summed E-state index contributed by atoms with van der Waals surface area (Å²) in [7, 11) is 0. The molecule has 0 saturated heterocycles. The van der Waals surface area contributed by atoms with Crippen LogP contribution in [0.1, 0.15) is 25.8 Å². The molecule has 0 aliphatic rings. The van der Waals surface area contributed by atoms with Crippen LogP contribution in [-0.4, -0.2) is 23.1 Å². The average Bonchev–Trinajstić information content (AvgIpc) is 2.34. The smallest absolute Gasteiger partial charge is 0.225 e. The highest BCUT2D eigenvalue weighted by Gasteiger charge is 2.10. The van der Waals surface area contributed by atoms with E-state index in [1.54, 1.807) is 12.4 Å². The second kappa shape index (κ2) is 7.08. The van der Waals surface area contributed by atoms with Crippen molar-refractivity contribution in [1.29, 1.82) is 5.26 Å². The first-order chi connectivity index (χ1) is 8.17. The van der Waals surface area contributed by atoms with Gasteiger partial charge in [0, 0.05) is 31.0 Å². The Morgan fingerprint density at radius 3 is 2.53 bits per heavy atom. The lowest BCUT2D eigenvalue weighted by molar-refractivity contribution is 0.602. The number of aromatic nitrogens is 2. The van der Waals surface area contributed by atoms with Gasteiger partial charge in [0.25, 0.3) is 0 Å². The summed E-state index contributed by atoms with van der Waals surface area (Å²) < 4.78 is 0. The molecule has 92 valence electrons. The van der Waals surface area contributed by atoms with E-state index in [0.717, 1.165) is 12.1 Å². The van der Waals surface area contributed by atoms with E-state index < -0.39 is 0 Å². The van der Waals surface area contributed by atoms with Crippen molar-refractivity contribution >= 4 is 17.5 Å². The predicted octanol–water partition coefficient (Wildman–Crippen LogP) is 2.59. The van der Waals surface area contributed by atoms with Crippen LogP contribution in [0.2, 0.25) is 0 Å². The summed E-state index contributed by atoms with van der Waals surface area (Å²) in [6.07, 6.45) is 3.94. The molecule has 0 spiro atoms. The fourth-order valence-corrected chi connectivity index (χ4v) is 1.62. The van der Waals surface area contributed by atoms with E-state index in [0.29, 0.717) is 30.7 Å². The van der Waals surface area contributed by atoms with Crippen molar-refractivity contribution in [3.8, 4) is 6.07 Å². The number of rotatable bonds is 6.